The lowest BCUT2D eigenvalue weighted by molar-refractivity contribution is -0.305. The van der Waals surface area contributed by atoms with E-state index in [4.69, 9.17) is 42.6 Å². The van der Waals surface area contributed by atoms with E-state index in [-0.39, 0.29) is 19.1 Å². The summed E-state index contributed by atoms with van der Waals surface area (Å²) in [5.74, 6) is -2.45. The monoisotopic (exact) mass is 700 g/mol. The van der Waals surface area contributed by atoms with Crippen molar-refractivity contribution < 1.29 is 67.5 Å². The first-order valence-electron chi connectivity index (χ1n) is 17.1. The molecular formula is C35H56O14. The third kappa shape index (κ3) is 9.74. The topological polar surface area (TPSA) is 181 Å². The molecule has 0 aliphatic carbocycles. The summed E-state index contributed by atoms with van der Waals surface area (Å²) < 4.78 is 52.6. The molecule has 14 nitrogen and oxygen atoms in total. The molecule has 4 rings (SSSR count). The lowest BCUT2D eigenvalue weighted by atomic mass is 9.82. The molecule has 4 aliphatic rings. The Morgan fingerprint density at radius 2 is 1.53 bits per heavy atom. The zero-order valence-electron chi connectivity index (χ0n) is 30.0. The summed E-state index contributed by atoms with van der Waals surface area (Å²) in [6.45, 7) is 10.4. The Hall–Kier alpha value is -1.82. The van der Waals surface area contributed by atoms with Crippen LogP contribution in [0.25, 0.3) is 0 Å². The van der Waals surface area contributed by atoms with Gasteiger partial charge in [-0.3, -0.25) is 4.79 Å². The summed E-state index contributed by atoms with van der Waals surface area (Å²) in [5, 5.41) is 32.8. The number of ether oxygens (including phenoxy) is 9. The standard InChI is InChI=1S/C35H56O14/c1-17-10-13-26(37)46-20(4)22(16-44-34-32(43-9)31(42-8)27(38)21(5)47-34)30-23(48-30)11-12-25(36)35(6,40)15-18(2)29(17)49-33-28(39)24(41-7)14-19(3)45-33/h10-13,17-24,27-34,38-40H,14-16H2,1-9H3/t17-,18-,19+,20-,21-,22+,23-,24-,27+,28+,29-,30+,31+,32+,33-,34-,35-/m1/s1. The van der Waals surface area contributed by atoms with E-state index >= 15 is 0 Å². The number of cyclic esters (lactones) is 1. The van der Waals surface area contributed by atoms with Crippen LogP contribution in [0.15, 0.2) is 24.3 Å². The zero-order chi connectivity index (χ0) is 36.2. The van der Waals surface area contributed by atoms with Gasteiger partial charge in [0.15, 0.2) is 18.4 Å². The molecule has 0 radical (unpaired) electrons. The molecule has 0 bridgehead atoms. The Kier molecular flexibility index (Phi) is 14.0. The van der Waals surface area contributed by atoms with Crippen molar-refractivity contribution in [1.29, 1.82) is 0 Å². The van der Waals surface area contributed by atoms with Crippen LogP contribution < -0.4 is 0 Å². The largest absolute Gasteiger partial charge is 0.459 e. The SMILES string of the molecule is CO[C@@H]1[C@H](OC[C@@H]2[C@@H]3O[C@@H]3C=CC(=O)[C@](C)(O)C[C@@H](C)[C@H](O[C@H]3O[C@@H](C)C[C@@H](OC)[C@@H]3O)[C@H](C)C=CC(=O)O[C@@H]2C)O[C@H](C)[C@H](O)[C@@H]1OC. The molecule has 0 aromatic rings. The number of carbonyl (C=O) groups excluding carboxylic acids is 2. The first-order chi connectivity index (χ1) is 23.1. The molecule has 4 aliphatic heterocycles. The van der Waals surface area contributed by atoms with Crippen LogP contribution in [0.1, 0.15) is 54.4 Å². The summed E-state index contributed by atoms with van der Waals surface area (Å²) in [5.41, 5.74) is -1.75. The van der Waals surface area contributed by atoms with Crippen molar-refractivity contribution >= 4 is 11.8 Å². The molecule has 0 amide bonds. The molecule has 0 aromatic carbocycles. The third-order valence-corrected chi connectivity index (χ3v) is 10.1. The minimum atomic E-state index is -1.75. The van der Waals surface area contributed by atoms with Crippen LogP contribution in [0.3, 0.4) is 0 Å². The van der Waals surface area contributed by atoms with Crippen molar-refractivity contribution in [3.8, 4) is 0 Å². The van der Waals surface area contributed by atoms with E-state index in [1.807, 2.05) is 20.8 Å². The highest BCUT2D eigenvalue weighted by atomic mass is 16.7. The normalized spacial score (nSPS) is 47.0. The van der Waals surface area contributed by atoms with Gasteiger partial charge in [0, 0.05) is 45.7 Å². The van der Waals surface area contributed by atoms with Crippen molar-refractivity contribution in [2.45, 2.75) is 140 Å². The van der Waals surface area contributed by atoms with Crippen LogP contribution in [0, 0.1) is 17.8 Å². The number of esters is 1. The number of hydrogen-bond donors (Lipinski definition) is 3. The molecule has 17 atom stereocenters. The van der Waals surface area contributed by atoms with E-state index in [1.165, 1.54) is 40.4 Å². The molecule has 4 heterocycles. The second-order valence-electron chi connectivity index (χ2n) is 14.1. The van der Waals surface area contributed by atoms with Crippen LogP contribution >= 0.6 is 0 Å². The second kappa shape index (κ2) is 17.1. The average molecular weight is 701 g/mol. The Morgan fingerprint density at radius 1 is 0.837 bits per heavy atom. The van der Waals surface area contributed by atoms with Crippen LogP contribution in [-0.4, -0.2) is 140 Å². The van der Waals surface area contributed by atoms with E-state index < -0.39 is 109 Å². The van der Waals surface area contributed by atoms with Gasteiger partial charge in [0.1, 0.15) is 42.2 Å². The number of fused-ring (bicyclic) bond motifs is 1. The zero-order valence-corrected chi connectivity index (χ0v) is 30.0. The van der Waals surface area contributed by atoms with Crippen molar-refractivity contribution in [1.82, 2.24) is 0 Å². The van der Waals surface area contributed by atoms with Crippen molar-refractivity contribution in [2.75, 3.05) is 27.9 Å². The lowest BCUT2D eigenvalue weighted by Crippen LogP contribution is -2.59. The Labute approximate surface area is 288 Å². The minimum Gasteiger partial charge on any atom is -0.459 e. The van der Waals surface area contributed by atoms with Crippen LogP contribution in [0.4, 0.5) is 0 Å². The van der Waals surface area contributed by atoms with Gasteiger partial charge < -0.3 is 58.0 Å². The number of epoxide rings is 1. The quantitative estimate of drug-likeness (QED) is 0.245. The highest BCUT2D eigenvalue weighted by Gasteiger charge is 2.50. The fourth-order valence-corrected chi connectivity index (χ4v) is 7.12. The van der Waals surface area contributed by atoms with Gasteiger partial charge in [0.2, 0.25) is 0 Å². The smallest absolute Gasteiger partial charge is 0.330 e. The summed E-state index contributed by atoms with van der Waals surface area (Å²) in [6, 6.07) is 0. The van der Waals surface area contributed by atoms with Gasteiger partial charge in [0.05, 0.1) is 37.1 Å². The van der Waals surface area contributed by atoms with Crippen LogP contribution in [0.5, 0.6) is 0 Å². The van der Waals surface area contributed by atoms with Gasteiger partial charge in [-0.2, -0.15) is 0 Å². The van der Waals surface area contributed by atoms with Gasteiger partial charge in [0.25, 0.3) is 0 Å². The second-order valence-corrected chi connectivity index (χ2v) is 14.1. The van der Waals surface area contributed by atoms with E-state index in [0.29, 0.717) is 6.42 Å². The number of aliphatic hydroxyl groups excluding tert-OH is 2. The number of aliphatic hydroxyl groups is 3. The Morgan fingerprint density at radius 3 is 2.18 bits per heavy atom. The van der Waals surface area contributed by atoms with Crippen molar-refractivity contribution in [2.24, 2.45) is 17.8 Å². The molecule has 3 saturated heterocycles. The van der Waals surface area contributed by atoms with Gasteiger partial charge >= 0.3 is 5.97 Å². The molecule has 0 aromatic heterocycles. The van der Waals surface area contributed by atoms with E-state index in [9.17, 15) is 24.9 Å². The number of rotatable bonds is 8. The number of carbonyl (C=O) groups is 2. The summed E-state index contributed by atoms with van der Waals surface area (Å²) >= 11 is 0. The Bertz CT molecular complexity index is 1160. The van der Waals surface area contributed by atoms with Gasteiger partial charge in [-0.25, -0.2) is 4.79 Å². The number of ketones is 1. The molecule has 0 unspecified atom stereocenters. The van der Waals surface area contributed by atoms with Crippen LogP contribution in [0.2, 0.25) is 0 Å². The molecule has 280 valence electrons. The van der Waals surface area contributed by atoms with E-state index in [2.05, 4.69) is 0 Å². The molecule has 0 spiro atoms. The fraction of sp³-hybridized carbons (Fsp3) is 0.829. The van der Waals surface area contributed by atoms with Crippen molar-refractivity contribution in [3.05, 3.63) is 24.3 Å². The van der Waals surface area contributed by atoms with Gasteiger partial charge in [-0.1, -0.05) is 19.9 Å². The highest BCUT2D eigenvalue weighted by Crippen LogP contribution is 2.37. The average Bonchev–Trinajstić information content (AvgIpc) is 3.82. The summed E-state index contributed by atoms with van der Waals surface area (Å²) in [6.07, 6.45) is -2.67. The summed E-state index contributed by atoms with van der Waals surface area (Å²) in [7, 11) is 4.46. The maximum atomic E-state index is 13.3. The maximum Gasteiger partial charge on any atom is 0.330 e. The first-order valence-corrected chi connectivity index (χ1v) is 17.1. The van der Waals surface area contributed by atoms with Crippen molar-refractivity contribution in [3.63, 3.8) is 0 Å². The third-order valence-electron chi connectivity index (χ3n) is 10.1. The predicted octanol–water partition coefficient (Wildman–Crippen LogP) is 1.46. The fourth-order valence-electron chi connectivity index (χ4n) is 7.12. The number of methoxy groups -OCH3 is 3. The predicted molar refractivity (Wildman–Crippen MR) is 173 cm³/mol. The van der Waals surface area contributed by atoms with Gasteiger partial charge in [-0.05, 0) is 52.2 Å². The lowest BCUT2D eigenvalue weighted by Gasteiger charge is -2.42. The van der Waals surface area contributed by atoms with Crippen LogP contribution in [-0.2, 0) is 52.2 Å². The highest BCUT2D eigenvalue weighted by molar-refractivity contribution is 5.96. The summed E-state index contributed by atoms with van der Waals surface area (Å²) in [4.78, 5) is 26.5. The minimum absolute atomic E-state index is 0.0234. The molecular weight excluding hydrogens is 644 g/mol. The molecule has 3 fully saturated rings. The molecule has 49 heavy (non-hydrogen) atoms. The molecule has 3 N–H and O–H groups in total. The molecule has 0 saturated carbocycles. The Balaban J connectivity index is 1.56. The molecule has 14 heteroatoms. The van der Waals surface area contributed by atoms with E-state index in [0.717, 1.165) is 0 Å². The van der Waals surface area contributed by atoms with E-state index in [1.54, 1.807) is 26.0 Å². The van der Waals surface area contributed by atoms with Gasteiger partial charge in [-0.15, -0.1) is 0 Å². The number of hydrogen-bond acceptors (Lipinski definition) is 14. The first kappa shape index (κ1) is 40.0. The maximum absolute atomic E-state index is 13.3.